The highest BCUT2D eigenvalue weighted by atomic mass is 16.3. The Labute approximate surface area is 70.1 Å². The van der Waals surface area contributed by atoms with Crippen molar-refractivity contribution in [3.05, 3.63) is 0 Å². The number of rotatable bonds is 3. The maximum atomic E-state index is 11.0. The van der Waals surface area contributed by atoms with Gasteiger partial charge in [-0.05, 0) is 6.92 Å². The fourth-order valence-corrected chi connectivity index (χ4v) is 1.08. The van der Waals surface area contributed by atoms with Crippen LogP contribution in [0.25, 0.3) is 0 Å². The number of aliphatic hydroxyl groups is 1. The van der Waals surface area contributed by atoms with E-state index in [1.165, 1.54) is 0 Å². The third kappa shape index (κ3) is 2.02. The molecule has 5 heteroatoms. The number of nitrogens with one attached hydrogen (secondary N) is 2. The number of hydrogen-bond donors (Lipinski definition) is 3. The summed E-state index contributed by atoms with van der Waals surface area (Å²) in [5.74, 6) is -0.567. The van der Waals surface area contributed by atoms with Crippen LogP contribution in [-0.2, 0) is 9.59 Å². The highest BCUT2D eigenvalue weighted by molar-refractivity contribution is 6.05. The molecule has 1 heterocycles. The van der Waals surface area contributed by atoms with Gasteiger partial charge in [-0.25, -0.2) is 0 Å². The molecule has 0 radical (unpaired) electrons. The number of hydrogen-bond acceptors (Lipinski definition) is 4. The molecule has 0 aromatic rings. The summed E-state index contributed by atoms with van der Waals surface area (Å²) in [6.07, 6.45) is 0.170. The van der Waals surface area contributed by atoms with Crippen LogP contribution in [0.2, 0.25) is 0 Å². The van der Waals surface area contributed by atoms with Gasteiger partial charge in [-0.1, -0.05) is 0 Å². The molecule has 2 unspecified atom stereocenters. The Hall–Kier alpha value is -0.940. The predicted molar refractivity (Wildman–Crippen MR) is 41.2 cm³/mol. The number of carbonyl (C=O) groups excluding carboxylic acids is 2. The third-order valence-corrected chi connectivity index (χ3v) is 1.73. The Kier molecular flexibility index (Phi) is 2.78. The fraction of sp³-hybridized carbons (Fsp3) is 0.714. The first-order chi connectivity index (χ1) is 5.63. The summed E-state index contributed by atoms with van der Waals surface area (Å²) >= 11 is 0. The molecule has 1 saturated heterocycles. The van der Waals surface area contributed by atoms with Crippen LogP contribution in [0, 0.1) is 0 Å². The zero-order valence-corrected chi connectivity index (χ0v) is 6.83. The van der Waals surface area contributed by atoms with Crippen LogP contribution >= 0.6 is 0 Å². The molecule has 0 aliphatic carbocycles. The summed E-state index contributed by atoms with van der Waals surface area (Å²) in [4.78, 5) is 21.7. The molecule has 1 rings (SSSR count). The van der Waals surface area contributed by atoms with Crippen LogP contribution in [0.1, 0.15) is 13.3 Å². The molecule has 3 N–H and O–H groups in total. The molecule has 1 fully saturated rings. The molecule has 0 bridgehead atoms. The van der Waals surface area contributed by atoms with E-state index in [0.29, 0.717) is 0 Å². The van der Waals surface area contributed by atoms with Crippen molar-refractivity contribution in [2.45, 2.75) is 25.4 Å². The van der Waals surface area contributed by atoms with Crippen LogP contribution in [-0.4, -0.2) is 35.6 Å². The minimum atomic E-state index is -0.473. The van der Waals surface area contributed by atoms with Crippen LogP contribution < -0.4 is 10.6 Å². The van der Waals surface area contributed by atoms with E-state index >= 15 is 0 Å². The van der Waals surface area contributed by atoms with E-state index in [0.717, 1.165) is 0 Å². The lowest BCUT2D eigenvalue weighted by molar-refractivity contribution is -0.125. The van der Waals surface area contributed by atoms with Gasteiger partial charge < -0.3 is 10.4 Å². The summed E-state index contributed by atoms with van der Waals surface area (Å²) < 4.78 is 0. The third-order valence-electron chi connectivity index (χ3n) is 1.73. The molecular formula is C7H12N2O3. The van der Waals surface area contributed by atoms with Crippen LogP contribution in [0.5, 0.6) is 0 Å². The Balaban J connectivity index is 2.43. The molecule has 1 aliphatic rings. The average Bonchev–Trinajstić information content (AvgIpc) is 2.30. The maximum absolute atomic E-state index is 11.0. The Morgan fingerprint density at radius 1 is 1.75 bits per heavy atom. The van der Waals surface area contributed by atoms with Crippen molar-refractivity contribution in [3.8, 4) is 0 Å². The normalized spacial score (nSPS) is 25.7. The minimum absolute atomic E-state index is 0.0437. The molecule has 2 amide bonds. The molecule has 68 valence electrons. The van der Waals surface area contributed by atoms with Gasteiger partial charge in [0.1, 0.15) is 0 Å². The second kappa shape index (κ2) is 3.64. The van der Waals surface area contributed by atoms with Gasteiger partial charge in [-0.15, -0.1) is 0 Å². The highest BCUT2D eigenvalue weighted by Crippen LogP contribution is 2.01. The molecule has 0 spiro atoms. The molecule has 0 aromatic heterocycles. The zero-order valence-electron chi connectivity index (χ0n) is 6.83. The lowest BCUT2D eigenvalue weighted by Crippen LogP contribution is -2.42. The number of aliphatic hydroxyl groups excluding tert-OH is 1. The first kappa shape index (κ1) is 9.15. The van der Waals surface area contributed by atoms with Gasteiger partial charge in [-0.3, -0.25) is 14.9 Å². The second-order valence-corrected chi connectivity index (χ2v) is 2.92. The average molecular weight is 172 g/mol. The molecule has 0 saturated carbocycles. The van der Waals surface area contributed by atoms with Crippen LogP contribution in [0.3, 0.4) is 0 Å². The minimum Gasteiger partial charge on any atom is -0.395 e. The summed E-state index contributed by atoms with van der Waals surface area (Å²) in [6, 6.07) is -0.633. The smallest absolute Gasteiger partial charge is 0.244 e. The monoisotopic (exact) mass is 172 g/mol. The second-order valence-electron chi connectivity index (χ2n) is 2.92. The predicted octanol–water partition coefficient (Wildman–Crippen LogP) is -1.63. The van der Waals surface area contributed by atoms with Gasteiger partial charge in [0.05, 0.1) is 19.1 Å². The van der Waals surface area contributed by atoms with E-state index in [1.54, 1.807) is 6.92 Å². The van der Waals surface area contributed by atoms with E-state index in [4.69, 9.17) is 5.11 Å². The summed E-state index contributed by atoms with van der Waals surface area (Å²) in [5.41, 5.74) is 0. The van der Waals surface area contributed by atoms with Gasteiger partial charge in [0, 0.05) is 6.04 Å². The fourth-order valence-electron chi connectivity index (χ4n) is 1.08. The van der Waals surface area contributed by atoms with E-state index in [2.05, 4.69) is 10.6 Å². The number of amides is 2. The quantitative estimate of drug-likeness (QED) is 0.447. The SMILES string of the molecule is CC(CO)NC1CC(=O)NC1=O. The largest absolute Gasteiger partial charge is 0.395 e. The first-order valence-electron chi connectivity index (χ1n) is 3.84. The molecular weight excluding hydrogens is 160 g/mol. The maximum Gasteiger partial charge on any atom is 0.244 e. The Morgan fingerprint density at radius 2 is 2.42 bits per heavy atom. The standard InChI is InChI=1S/C7H12N2O3/c1-4(3-10)8-5-2-6(11)9-7(5)12/h4-5,8,10H,2-3H2,1H3,(H,9,11,12). The van der Waals surface area contributed by atoms with E-state index < -0.39 is 6.04 Å². The highest BCUT2D eigenvalue weighted by Gasteiger charge is 2.30. The van der Waals surface area contributed by atoms with Crippen molar-refractivity contribution in [2.75, 3.05) is 6.61 Å². The van der Waals surface area contributed by atoms with Gasteiger partial charge in [0.2, 0.25) is 11.8 Å². The summed E-state index contributed by atoms with van der Waals surface area (Å²) in [6.45, 7) is 1.70. The first-order valence-corrected chi connectivity index (χ1v) is 3.84. The number of carbonyl (C=O) groups is 2. The van der Waals surface area contributed by atoms with Gasteiger partial charge in [0.25, 0.3) is 0 Å². The van der Waals surface area contributed by atoms with E-state index in [-0.39, 0.29) is 30.9 Å². The van der Waals surface area contributed by atoms with Gasteiger partial charge in [0.15, 0.2) is 0 Å². The molecule has 1 aliphatic heterocycles. The molecule has 5 nitrogen and oxygen atoms in total. The summed E-state index contributed by atoms with van der Waals surface area (Å²) in [7, 11) is 0. The van der Waals surface area contributed by atoms with E-state index in [1.807, 2.05) is 0 Å². The Morgan fingerprint density at radius 3 is 2.83 bits per heavy atom. The molecule has 2 atom stereocenters. The number of imide groups is 1. The van der Waals surface area contributed by atoms with Crippen molar-refractivity contribution in [2.24, 2.45) is 0 Å². The molecule has 12 heavy (non-hydrogen) atoms. The van der Waals surface area contributed by atoms with Crippen molar-refractivity contribution in [3.63, 3.8) is 0 Å². The lowest BCUT2D eigenvalue weighted by Gasteiger charge is -2.13. The molecule has 0 aromatic carbocycles. The summed E-state index contributed by atoms with van der Waals surface area (Å²) in [5, 5.41) is 13.7. The van der Waals surface area contributed by atoms with Gasteiger partial charge in [-0.2, -0.15) is 0 Å². The van der Waals surface area contributed by atoms with Crippen molar-refractivity contribution < 1.29 is 14.7 Å². The van der Waals surface area contributed by atoms with Crippen LogP contribution in [0.4, 0.5) is 0 Å². The lowest BCUT2D eigenvalue weighted by atomic mass is 10.2. The topological polar surface area (TPSA) is 78.4 Å². The van der Waals surface area contributed by atoms with Crippen molar-refractivity contribution >= 4 is 11.8 Å². The zero-order chi connectivity index (χ0) is 9.14. The Bertz CT molecular complexity index is 205. The van der Waals surface area contributed by atoms with Crippen molar-refractivity contribution in [1.82, 2.24) is 10.6 Å². The van der Waals surface area contributed by atoms with Gasteiger partial charge >= 0.3 is 0 Å². The van der Waals surface area contributed by atoms with Crippen molar-refractivity contribution in [1.29, 1.82) is 0 Å². The van der Waals surface area contributed by atoms with Crippen LogP contribution in [0.15, 0.2) is 0 Å². The van der Waals surface area contributed by atoms with E-state index in [9.17, 15) is 9.59 Å².